The van der Waals surface area contributed by atoms with E-state index >= 15 is 0 Å². The zero-order valence-electron chi connectivity index (χ0n) is 14.0. The summed E-state index contributed by atoms with van der Waals surface area (Å²) in [6.45, 7) is 8.86. The molecule has 2 rings (SSSR count). The number of nitrogen functional groups attached to an aromatic ring is 1. The Morgan fingerprint density at radius 3 is 2.65 bits per heavy atom. The van der Waals surface area contributed by atoms with Gasteiger partial charge in [0.15, 0.2) is 0 Å². The molecule has 3 N–H and O–H groups in total. The number of aryl methyl sites for hydroxylation is 2. The number of hydrogen-bond acceptors (Lipinski definition) is 7. The van der Waals surface area contributed by atoms with Crippen LogP contribution in [0.2, 0.25) is 0 Å². The van der Waals surface area contributed by atoms with Crippen LogP contribution < -0.4 is 20.5 Å². The van der Waals surface area contributed by atoms with Gasteiger partial charge in [-0.25, -0.2) is 0 Å². The van der Waals surface area contributed by atoms with Crippen LogP contribution in [0.5, 0.6) is 11.8 Å². The molecule has 0 saturated carbocycles. The number of nitrogens with two attached hydrogens (primary N) is 1. The Morgan fingerprint density at radius 1 is 1.17 bits per heavy atom. The van der Waals surface area contributed by atoms with E-state index in [1.165, 1.54) is 5.56 Å². The second-order valence-corrected chi connectivity index (χ2v) is 5.36. The van der Waals surface area contributed by atoms with Crippen molar-refractivity contribution in [1.82, 2.24) is 15.0 Å². The average molecular weight is 317 g/mol. The molecule has 1 aromatic carbocycles. The minimum atomic E-state index is -0.00743. The zero-order chi connectivity index (χ0) is 16.8. The molecule has 7 nitrogen and oxygen atoms in total. The van der Waals surface area contributed by atoms with E-state index in [4.69, 9.17) is 15.2 Å². The molecule has 0 amide bonds. The van der Waals surface area contributed by atoms with Crippen molar-refractivity contribution in [2.24, 2.45) is 0 Å². The molecule has 124 valence electrons. The molecular formula is C16H23N5O2. The molecule has 0 aliphatic heterocycles. The van der Waals surface area contributed by atoms with Gasteiger partial charge in [-0.2, -0.15) is 15.0 Å². The van der Waals surface area contributed by atoms with E-state index in [2.05, 4.69) is 33.3 Å². The number of nitrogens with zero attached hydrogens (tertiary/aromatic N) is 3. The number of nitrogens with one attached hydrogen (secondary N) is 1. The van der Waals surface area contributed by atoms with Gasteiger partial charge in [0.25, 0.3) is 0 Å². The first-order valence-electron chi connectivity index (χ1n) is 7.59. The van der Waals surface area contributed by atoms with Gasteiger partial charge in [0.2, 0.25) is 11.9 Å². The highest BCUT2D eigenvalue weighted by Gasteiger charge is 2.10. The van der Waals surface area contributed by atoms with E-state index < -0.39 is 0 Å². The monoisotopic (exact) mass is 317 g/mol. The molecule has 0 radical (unpaired) electrons. The lowest BCUT2D eigenvalue weighted by molar-refractivity contribution is 0.300. The van der Waals surface area contributed by atoms with Crippen LogP contribution in [-0.2, 0) is 0 Å². The van der Waals surface area contributed by atoms with Crippen LogP contribution in [0, 0.1) is 13.8 Å². The second kappa shape index (κ2) is 7.62. The van der Waals surface area contributed by atoms with E-state index in [1.54, 1.807) is 0 Å². The van der Waals surface area contributed by atoms with Crippen molar-refractivity contribution in [2.45, 2.75) is 33.7 Å². The van der Waals surface area contributed by atoms with Crippen molar-refractivity contribution in [1.29, 1.82) is 0 Å². The summed E-state index contributed by atoms with van der Waals surface area (Å²) in [6, 6.07) is 6.30. The number of benzene rings is 1. The summed E-state index contributed by atoms with van der Waals surface area (Å²) in [7, 11) is 0. The topological polar surface area (TPSA) is 95.2 Å². The Bertz CT molecular complexity index is 663. The van der Waals surface area contributed by atoms with E-state index in [1.807, 2.05) is 32.9 Å². The van der Waals surface area contributed by atoms with Gasteiger partial charge in [0.05, 0.1) is 12.6 Å². The summed E-state index contributed by atoms with van der Waals surface area (Å²) in [4.78, 5) is 12.1. The van der Waals surface area contributed by atoms with Crippen molar-refractivity contribution < 1.29 is 9.47 Å². The molecule has 1 unspecified atom stereocenters. The summed E-state index contributed by atoms with van der Waals surface area (Å²) in [5.74, 6) is 1.36. The highest BCUT2D eigenvalue weighted by atomic mass is 16.5. The standard InChI is InChI=1S/C16H23N5O2/c1-5-22-16-20-14(17)19-15(21-16)18-12(4)9-23-13-7-6-10(2)8-11(13)3/h6-8,12H,5,9H2,1-4H3,(H3,17,18,19,20,21). The molecule has 0 aliphatic carbocycles. The predicted molar refractivity (Wildman–Crippen MR) is 89.9 cm³/mol. The highest BCUT2D eigenvalue weighted by molar-refractivity contribution is 5.36. The SMILES string of the molecule is CCOc1nc(N)nc(NC(C)COc2ccc(C)cc2C)n1. The molecule has 2 aromatic rings. The van der Waals surface area contributed by atoms with Crippen LogP contribution in [0.3, 0.4) is 0 Å². The Hall–Kier alpha value is -2.57. The number of anilines is 2. The lowest BCUT2D eigenvalue weighted by atomic mass is 10.1. The summed E-state index contributed by atoms with van der Waals surface area (Å²) >= 11 is 0. The van der Waals surface area contributed by atoms with Gasteiger partial charge in [-0.05, 0) is 39.3 Å². The summed E-state index contributed by atoms with van der Waals surface area (Å²) in [5.41, 5.74) is 7.98. The lowest BCUT2D eigenvalue weighted by Gasteiger charge is -2.16. The van der Waals surface area contributed by atoms with Crippen LogP contribution in [0.15, 0.2) is 18.2 Å². The third kappa shape index (κ3) is 4.98. The van der Waals surface area contributed by atoms with E-state index in [0.29, 0.717) is 19.2 Å². The smallest absolute Gasteiger partial charge is 0.323 e. The van der Waals surface area contributed by atoms with Gasteiger partial charge < -0.3 is 20.5 Å². The van der Waals surface area contributed by atoms with Crippen LogP contribution in [-0.4, -0.2) is 34.2 Å². The van der Waals surface area contributed by atoms with E-state index in [9.17, 15) is 0 Å². The van der Waals surface area contributed by atoms with Crippen molar-refractivity contribution in [3.05, 3.63) is 29.3 Å². The number of hydrogen-bond donors (Lipinski definition) is 2. The fourth-order valence-electron chi connectivity index (χ4n) is 2.07. The van der Waals surface area contributed by atoms with Gasteiger partial charge in [0, 0.05) is 0 Å². The largest absolute Gasteiger partial charge is 0.491 e. The van der Waals surface area contributed by atoms with E-state index in [0.717, 1.165) is 11.3 Å². The van der Waals surface area contributed by atoms with Crippen LogP contribution >= 0.6 is 0 Å². The quantitative estimate of drug-likeness (QED) is 0.809. The maximum atomic E-state index is 5.84. The predicted octanol–water partition coefficient (Wildman–Crippen LogP) is 2.35. The molecule has 1 atom stereocenters. The summed E-state index contributed by atoms with van der Waals surface area (Å²) in [5, 5.41) is 3.14. The minimum absolute atomic E-state index is 0.00743. The van der Waals surface area contributed by atoms with Crippen LogP contribution in [0.25, 0.3) is 0 Å². The van der Waals surface area contributed by atoms with Gasteiger partial charge in [-0.15, -0.1) is 0 Å². The van der Waals surface area contributed by atoms with Crippen LogP contribution in [0.4, 0.5) is 11.9 Å². The normalized spacial score (nSPS) is 11.8. The van der Waals surface area contributed by atoms with Crippen molar-refractivity contribution >= 4 is 11.9 Å². The molecule has 7 heteroatoms. The molecule has 0 bridgehead atoms. The number of aromatic nitrogens is 3. The molecule has 0 fully saturated rings. The summed E-state index contributed by atoms with van der Waals surface area (Å²) < 4.78 is 11.1. The molecular weight excluding hydrogens is 294 g/mol. The first-order chi connectivity index (χ1) is 11.0. The Labute approximate surface area is 136 Å². The second-order valence-electron chi connectivity index (χ2n) is 5.36. The van der Waals surface area contributed by atoms with Gasteiger partial charge in [-0.1, -0.05) is 17.7 Å². The molecule has 0 spiro atoms. The fourth-order valence-corrected chi connectivity index (χ4v) is 2.07. The molecule has 1 heterocycles. The lowest BCUT2D eigenvalue weighted by Crippen LogP contribution is -2.25. The minimum Gasteiger partial charge on any atom is -0.491 e. The van der Waals surface area contributed by atoms with Gasteiger partial charge in [0.1, 0.15) is 12.4 Å². The maximum Gasteiger partial charge on any atom is 0.323 e. The molecule has 1 aromatic heterocycles. The first-order valence-corrected chi connectivity index (χ1v) is 7.59. The van der Waals surface area contributed by atoms with Gasteiger partial charge in [-0.3, -0.25) is 0 Å². The molecule has 23 heavy (non-hydrogen) atoms. The third-order valence-electron chi connectivity index (χ3n) is 3.10. The van der Waals surface area contributed by atoms with Crippen LogP contribution in [0.1, 0.15) is 25.0 Å². The number of ether oxygens (including phenoxy) is 2. The Kier molecular flexibility index (Phi) is 5.56. The fraction of sp³-hybridized carbons (Fsp3) is 0.438. The maximum absolute atomic E-state index is 5.84. The zero-order valence-corrected chi connectivity index (χ0v) is 14.0. The molecule has 0 saturated heterocycles. The molecule has 0 aliphatic rings. The Balaban J connectivity index is 1.95. The van der Waals surface area contributed by atoms with E-state index in [-0.39, 0.29) is 18.0 Å². The number of rotatable bonds is 7. The third-order valence-corrected chi connectivity index (χ3v) is 3.10. The van der Waals surface area contributed by atoms with Crippen molar-refractivity contribution in [3.63, 3.8) is 0 Å². The van der Waals surface area contributed by atoms with Crippen molar-refractivity contribution in [3.8, 4) is 11.8 Å². The Morgan fingerprint density at radius 2 is 1.96 bits per heavy atom. The highest BCUT2D eigenvalue weighted by Crippen LogP contribution is 2.19. The average Bonchev–Trinajstić information content (AvgIpc) is 2.46. The first kappa shape index (κ1) is 16.8. The van der Waals surface area contributed by atoms with Crippen molar-refractivity contribution in [2.75, 3.05) is 24.3 Å². The summed E-state index contributed by atoms with van der Waals surface area (Å²) in [6.07, 6.45) is 0. The van der Waals surface area contributed by atoms with Gasteiger partial charge >= 0.3 is 6.01 Å².